The number of hydrogen-bond donors (Lipinski definition) is 1. The maximum Gasteiger partial charge on any atom is 0.0402 e. The van der Waals surface area contributed by atoms with Crippen molar-refractivity contribution in [2.45, 2.75) is 44.4 Å². The number of nitrogens with two attached hydrogens (primary N) is 1. The molecule has 2 aliphatic rings. The lowest BCUT2D eigenvalue weighted by Crippen LogP contribution is -2.30. The Labute approximate surface area is 117 Å². The molecule has 1 aromatic carbocycles. The molecule has 0 aromatic heterocycles. The molecule has 1 heterocycles. The first-order valence-corrected chi connectivity index (χ1v) is 7.92. The van der Waals surface area contributed by atoms with Crippen molar-refractivity contribution in [1.29, 1.82) is 0 Å². The number of benzene rings is 1. The minimum absolute atomic E-state index is 0.657. The van der Waals surface area contributed by atoms with E-state index < -0.39 is 0 Å². The summed E-state index contributed by atoms with van der Waals surface area (Å²) in [6.45, 7) is 3.25. The highest BCUT2D eigenvalue weighted by Crippen LogP contribution is 2.39. The van der Waals surface area contributed by atoms with Crippen LogP contribution < -0.4 is 10.6 Å². The molecule has 0 amide bonds. The van der Waals surface area contributed by atoms with Gasteiger partial charge in [0.1, 0.15) is 0 Å². The topological polar surface area (TPSA) is 29.3 Å². The van der Waals surface area contributed by atoms with Gasteiger partial charge in [-0.3, -0.25) is 0 Å². The SMILES string of the molecule is NCCC1CN(CC2CCCCC2)c2ccccc21. The van der Waals surface area contributed by atoms with Crippen molar-refractivity contribution in [2.75, 3.05) is 24.5 Å². The van der Waals surface area contributed by atoms with E-state index in [9.17, 15) is 0 Å². The fourth-order valence-electron chi connectivity index (χ4n) is 3.89. The Kier molecular flexibility index (Phi) is 4.07. The summed E-state index contributed by atoms with van der Waals surface area (Å²) in [5.41, 5.74) is 8.79. The lowest BCUT2D eigenvalue weighted by atomic mass is 9.89. The number of fused-ring (bicyclic) bond motifs is 1. The van der Waals surface area contributed by atoms with Crippen LogP contribution in [0.4, 0.5) is 5.69 Å². The Morgan fingerprint density at radius 2 is 1.89 bits per heavy atom. The Morgan fingerprint density at radius 3 is 2.68 bits per heavy atom. The number of anilines is 1. The zero-order valence-electron chi connectivity index (χ0n) is 11.9. The van der Waals surface area contributed by atoms with Gasteiger partial charge in [-0.25, -0.2) is 0 Å². The first-order valence-electron chi connectivity index (χ1n) is 7.92. The number of nitrogens with zero attached hydrogens (tertiary/aromatic N) is 1. The molecular formula is C17H26N2. The summed E-state index contributed by atoms with van der Waals surface area (Å²) in [5, 5.41) is 0. The minimum atomic E-state index is 0.657. The first-order chi connectivity index (χ1) is 9.38. The van der Waals surface area contributed by atoms with Gasteiger partial charge in [-0.2, -0.15) is 0 Å². The second kappa shape index (κ2) is 5.96. The molecule has 1 atom stereocenters. The fourth-order valence-corrected chi connectivity index (χ4v) is 3.89. The maximum absolute atomic E-state index is 5.78. The molecule has 1 fully saturated rings. The molecule has 0 saturated heterocycles. The van der Waals surface area contributed by atoms with Crippen molar-refractivity contribution in [3.8, 4) is 0 Å². The van der Waals surface area contributed by atoms with Gasteiger partial charge in [-0.1, -0.05) is 37.5 Å². The van der Waals surface area contributed by atoms with Crippen LogP contribution in [0.5, 0.6) is 0 Å². The zero-order valence-corrected chi connectivity index (χ0v) is 11.9. The summed E-state index contributed by atoms with van der Waals surface area (Å²) in [6.07, 6.45) is 8.31. The largest absolute Gasteiger partial charge is 0.370 e. The highest BCUT2D eigenvalue weighted by atomic mass is 15.2. The van der Waals surface area contributed by atoms with E-state index in [1.807, 2.05) is 0 Å². The second-order valence-electron chi connectivity index (χ2n) is 6.24. The Balaban J connectivity index is 1.72. The van der Waals surface area contributed by atoms with Crippen LogP contribution in [-0.4, -0.2) is 19.6 Å². The van der Waals surface area contributed by atoms with Crippen molar-refractivity contribution in [3.63, 3.8) is 0 Å². The smallest absolute Gasteiger partial charge is 0.0402 e. The third-order valence-electron chi connectivity index (χ3n) is 4.88. The van der Waals surface area contributed by atoms with Crippen molar-refractivity contribution in [3.05, 3.63) is 29.8 Å². The van der Waals surface area contributed by atoms with Gasteiger partial charge >= 0.3 is 0 Å². The molecule has 2 nitrogen and oxygen atoms in total. The number of hydrogen-bond acceptors (Lipinski definition) is 2. The van der Waals surface area contributed by atoms with E-state index in [1.54, 1.807) is 0 Å². The van der Waals surface area contributed by atoms with Gasteiger partial charge in [-0.15, -0.1) is 0 Å². The molecule has 19 heavy (non-hydrogen) atoms. The average Bonchev–Trinajstić information content (AvgIpc) is 2.79. The third kappa shape index (κ3) is 2.79. The lowest BCUT2D eigenvalue weighted by Gasteiger charge is -2.29. The fraction of sp³-hybridized carbons (Fsp3) is 0.647. The van der Waals surface area contributed by atoms with Crippen LogP contribution >= 0.6 is 0 Å². The predicted molar refractivity (Wildman–Crippen MR) is 81.6 cm³/mol. The van der Waals surface area contributed by atoms with E-state index in [0.29, 0.717) is 5.92 Å². The van der Waals surface area contributed by atoms with E-state index in [4.69, 9.17) is 5.73 Å². The van der Waals surface area contributed by atoms with Crippen LogP contribution in [0.3, 0.4) is 0 Å². The molecule has 0 spiro atoms. The van der Waals surface area contributed by atoms with E-state index >= 15 is 0 Å². The van der Waals surface area contributed by atoms with E-state index in [-0.39, 0.29) is 0 Å². The molecular weight excluding hydrogens is 232 g/mol. The number of para-hydroxylation sites is 1. The normalized spacial score (nSPS) is 23.6. The molecule has 2 N–H and O–H groups in total. The van der Waals surface area contributed by atoms with Gasteiger partial charge in [0, 0.05) is 24.7 Å². The van der Waals surface area contributed by atoms with Crippen molar-refractivity contribution in [2.24, 2.45) is 11.7 Å². The highest BCUT2D eigenvalue weighted by Gasteiger charge is 2.29. The molecule has 0 radical (unpaired) electrons. The van der Waals surface area contributed by atoms with Crippen molar-refractivity contribution < 1.29 is 0 Å². The highest BCUT2D eigenvalue weighted by molar-refractivity contribution is 5.60. The summed E-state index contributed by atoms with van der Waals surface area (Å²) in [5.74, 6) is 1.57. The standard InChI is InChI=1S/C17H26N2/c18-11-10-15-13-19(12-14-6-2-1-3-7-14)17-9-5-4-8-16(15)17/h4-5,8-9,14-15H,1-3,6-7,10-13,18H2. The maximum atomic E-state index is 5.78. The van der Waals surface area contributed by atoms with Crippen LogP contribution in [0.15, 0.2) is 24.3 Å². The van der Waals surface area contributed by atoms with E-state index in [1.165, 1.54) is 56.4 Å². The van der Waals surface area contributed by atoms with Crippen LogP contribution in [0.25, 0.3) is 0 Å². The molecule has 1 aliphatic heterocycles. The molecule has 104 valence electrons. The van der Waals surface area contributed by atoms with Gasteiger partial charge < -0.3 is 10.6 Å². The predicted octanol–water partition coefficient (Wildman–Crippen LogP) is 3.52. The molecule has 1 saturated carbocycles. The van der Waals surface area contributed by atoms with Crippen molar-refractivity contribution >= 4 is 5.69 Å². The molecule has 2 heteroatoms. The van der Waals surface area contributed by atoms with Crippen molar-refractivity contribution in [1.82, 2.24) is 0 Å². The summed E-state index contributed by atoms with van der Waals surface area (Å²) >= 11 is 0. The number of rotatable bonds is 4. The lowest BCUT2D eigenvalue weighted by molar-refractivity contribution is 0.358. The monoisotopic (exact) mass is 258 g/mol. The van der Waals surface area contributed by atoms with Gasteiger partial charge in [0.2, 0.25) is 0 Å². The molecule has 1 aliphatic carbocycles. The Bertz CT molecular complexity index is 409. The van der Waals surface area contributed by atoms with Crippen LogP contribution in [0.2, 0.25) is 0 Å². The van der Waals surface area contributed by atoms with Crippen LogP contribution in [0.1, 0.15) is 50.0 Å². The summed E-state index contributed by atoms with van der Waals surface area (Å²) in [7, 11) is 0. The minimum Gasteiger partial charge on any atom is -0.370 e. The van der Waals surface area contributed by atoms with Crippen LogP contribution in [0, 0.1) is 5.92 Å². The van der Waals surface area contributed by atoms with Gasteiger partial charge in [0.15, 0.2) is 0 Å². The van der Waals surface area contributed by atoms with Gasteiger partial charge in [-0.05, 0) is 43.4 Å². The molecule has 1 aromatic rings. The summed E-state index contributed by atoms with van der Waals surface area (Å²) in [6, 6.07) is 8.95. The summed E-state index contributed by atoms with van der Waals surface area (Å²) in [4.78, 5) is 2.63. The Morgan fingerprint density at radius 1 is 1.11 bits per heavy atom. The summed E-state index contributed by atoms with van der Waals surface area (Å²) < 4.78 is 0. The van der Waals surface area contributed by atoms with E-state index in [2.05, 4.69) is 29.2 Å². The zero-order chi connectivity index (χ0) is 13.1. The average molecular weight is 258 g/mol. The van der Waals surface area contributed by atoms with Gasteiger partial charge in [0.05, 0.1) is 0 Å². The van der Waals surface area contributed by atoms with Gasteiger partial charge in [0.25, 0.3) is 0 Å². The first kappa shape index (κ1) is 13.0. The molecule has 1 unspecified atom stereocenters. The molecule has 3 rings (SSSR count). The van der Waals surface area contributed by atoms with E-state index in [0.717, 1.165) is 18.9 Å². The quantitative estimate of drug-likeness (QED) is 0.895. The Hall–Kier alpha value is -1.02. The van der Waals surface area contributed by atoms with Crippen LogP contribution in [-0.2, 0) is 0 Å². The third-order valence-corrected chi connectivity index (χ3v) is 4.88. The molecule has 0 bridgehead atoms. The second-order valence-corrected chi connectivity index (χ2v) is 6.24.